The first-order valence-corrected chi connectivity index (χ1v) is 7.17. The van der Waals surface area contributed by atoms with Crippen molar-refractivity contribution in [3.63, 3.8) is 0 Å². The van der Waals surface area contributed by atoms with E-state index in [-0.39, 0.29) is 6.04 Å². The minimum absolute atomic E-state index is 0.0782. The fraction of sp³-hybridized carbons (Fsp3) is 0.286. The smallest absolute Gasteiger partial charge is 0.138 e. The van der Waals surface area contributed by atoms with Gasteiger partial charge >= 0.3 is 0 Å². The van der Waals surface area contributed by atoms with Crippen molar-refractivity contribution in [1.29, 1.82) is 0 Å². The second-order valence-corrected chi connectivity index (χ2v) is 5.48. The van der Waals surface area contributed by atoms with E-state index < -0.39 is 0 Å². The molecular formula is C14H18BrN5. The molecule has 0 fully saturated rings. The van der Waals surface area contributed by atoms with Gasteiger partial charge in [0.15, 0.2) is 0 Å². The van der Waals surface area contributed by atoms with Crippen LogP contribution < -0.4 is 16.0 Å². The third-order valence-corrected chi connectivity index (χ3v) is 3.49. The molecule has 0 bridgehead atoms. The molecule has 106 valence electrons. The Hall–Kier alpha value is -1.66. The summed E-state index contributed by atoms with van der Waals surface area (Å²) in [6.45, 7) is 2.62. The normalized spacial score (nSPS) is 12.0. The Morgan fingerprint density at radius 3 is 2.80 bits per heavy atom. The maximum Gasteiger partial charge on any atom is 0.138 e. The Morgan fingerprint density at radius 2 is 2.10 bits per heavy atom. The van der Waals surface area contributed by atoms with Gasteiger partial charge in [-0.3, -0.25) is 0 Å². The van der Waals surface area contributed by atoms with E-state index in [2.05, 4.69) is 31.2 Å². The van der Waals surface area contributed by atoms with Gasteiger partial charge in [0.1, 0.15) is 18.0 Å². The van der Waals surface area contributed by atoms with Crippen LogP contribution in [0.2, 0.25) is 0 Å². The van der Waals surface area contributed by atoms with Crippen molar-refractivity contribution < 1.29 is 0 Å². The standard InChI is InChI=1S/C14H18BrN5/c1-10(16)8-17-13-7-14(19-9-18-13)20(2)12-6-4-3-5-11(12)15/h3-7,9-10H,8,16H2,1-2H3,(H,17,18,19). The summed E-state index contributed by atoms with van der Waals surface area (Å²) in [7, 11) is 1.97. The summed E-state index contributed by atoms with van der Waals surface area (Å²) in [6.07, 6.45) is 1.55. The molecule has 1 aromatic carbocycles. The highest BCUT2D eigenvalue weighted by molar-refractivity contribution is 9.10. The van der Waals surface area contributed by atoms with Crippen molar-refractivity contribution in [3.8, 4) is 0 Å². The van der Waals surface area contributed by atoms with Gasteiger partial charge in [-0.15, -0.1) is 0 Å². The van der Waals surface area contributed by atoms with Crippen molar-refractivity contribution in [3.05, 3.63) is 41.1 Å². The first-order valence-electron chi connectivity index (χ1n) is 6.37. The molecule has 2 aromatic rings. The summed E-state index contributed by atoms with van der Waals surface area (Å²) in [6, 6.07) is 9.99. The quantitative estimate of drug-likeness (QED) is 0.879. The highest BCUT2D eigenvalue weighted by atomic mass is 79.9. The van der Waals surface area contributed by atoms with Crippen LogP contribution in [-0.2, 0) is 0 Å². The van der Waals surface area contributed by atoms with Crippen molar-refractivity contribution in [2.45, 2.75) is 13.0 Å². The van der Waals surface area contributed by atoms with Crippen molar-refractivity contribution >= 4 is 33.3 Å². The maximum absolute atomic E-state index is 5.73. The zero-order valence-electron chi connectivity index (χ0n) is 11.5. The second kappa shape index (κ2) is 6.67. The maximum atomic E-state index is 5.73. The van der Waals surface area contributed by atoms with Crippen LogP contribution in [0.5, 0.6) is 0 Å². The predicted molar refractivity (Wildman–Crippen MR) is 86.4 cm³/mol. The molecule has 0 saturated carbocycles. The molecule has 1 heterocycles. The number of rotatable bonds is 5. The summed E-state index contributed by atoms with van der Waals surface area (Å²) < 4.78 is 1.02. The number of hydrogen-bond acceptors (Lipinski definition) is 5. The second-order valence-electron chi connectivity index (χ2n) is 4.63. The summed E-state index contributed by atoms with van der Waals surface area (Å²) in [5.41, 5.74) is 6.77. The lowest BCUT2D eigenvalue weighted by molar-refractivity contribution is 0.777. The molecule has 0 aliphatic carbocycles. The van der Waals surface area contributed by atoms with E-state index in [0.717, 1.165) is 21.8 Å². The summed E-state index contributed by atoms with van der Waals surface area (Å²) >= 11 is 3.55. The molecule has 5 nitrogen and oxygen atoms in total. The van der Waals surface area contributed by atoms with Gasteiger partial charge in [-0.25, -0.2) is 9.97 Å². The number of nitrogens with two attached hydrogens (primary N) is 1. The van der Waals surface area contributed by atoms with E-state index in [4.69, 9.17) is 5.73 Å². The van der Waals surface area contributed by atoms with E-state index in [1.54, 1.807) is 6.33 Å². The van der Waals surface area contributed by atoms with Gasteiger partial charge in [-0.05, 0) is 35.0 Å². The molecule has 0 aliphatic rings. The molecule has 0 spiro atoms. The van der Waals surface area contributed by atoms with E-state index in [1.165, 1.54) is 0 Å². The number of anilines is 3. The molecule has 2 rings (SSSR count). The minimum Gasteiger partial charge on any atom is -0.368 e. The van der Waals surface area contributed by atoms with Gasteiger partial charge in [-0.2, -0.15) is 0 Å². The topological polar surface area (TPSA) is 67.1 Å². The van der Waals surface area contributed by atoms with E-state index in [1.807, 2.05) is 49.2 Å². The van der Waals surface area contributed by atoms with Crippen molar-refractivity contribution in [1.82, 2.24) is 9.97 Å². The van der Waals surface area contributed by atoms with Crippen LogP contribution in [0.3, 0.4) is 0 Å². The van der Waals surface area contributed by atoms with E-state index >= 15 is 0 Å². The van der Waals surface area contributed by atoms with Gasteiger partial charge in [0.2, 0.25) is 0 Å². The molecule has 0 amide bonds. The number of nitrogens with zero attached hydrogens (tertiary/aromatic N) is 3. The fourth-order valence-electron chi connectivity index (χ4n) is 1.74. The number of hydrogen-bond donors (Lipinski definition) is 2. The molecule has 0 saturated heterocycles. The third kappa shape index (κ3) is 3.68. The molecule has 1 aromatic heterocycles. The monoisotopic (exact) mass is 335 g/mol. The molecule has 1 unspecified atom stereocenters. The Bertz CT molecular complexity index is 573. The van der Waals surface area contributed by atoms with Gasteiger partial charge in [-0.1, -0.05) is 12.1 Å². The summed E-state index contributed by atoms with van der Waals surface area (Å²) in [4.78, 5) is 10.5. The molecule has 3 N–H and O–H groups in total. The fourth-order valence-corrected chi connectivity index (χ4v) is 2.29. The SMILES string of the molecule is CC(N)CNc1cc(N(C)c2ccccc2Br)ncn1. The zero-order chi connectivity index (χ0) is 14.5. The van der Waals surface area contributed by atoms with Crippen LogP contribution in [0.25, 0.3) is 0 Å². The van der Waals surface area contributed by atoms with Crippen molar-refractivity contribution in [2.24, 2.45) is 5.73 Å². The number of nitrogens with one attached hydrogen (secondary N) is 1. The lowest BCUT2D eigenvalue weighted by Gasteiger charge is -2.20. The summed E-state index contributed by atoms with van der Waals surface area (Å²) in [5.74, 6) is 1.59. The van der Waals surface area contributed by atoms with Gasteiger partial charge in [0, 0.05) is 30.2 Å². The number of para-hydroxylation sites is 1. The number of halogens is 1. The predicted octanol–water partition coefficient (Wildman–Crippen LogP) is 2.77. The number of aromatic nitrogens is 2. The van der Waals surface area contributed by atoms with Crippen LogP contribution in [0, 0.1) is 0 Å². The van der Waals surface area contributed by atoms with Crippen LogP contribution in [0.15, 0.2) is 41.1 Å². The Labute approximate surface area is 127 Å². The highest BCUT2D eigenvalue weighted by Gasteiger charge is 2.09. The Morgan fingerprint density at radius 1 is 1.35 bits per heavy atom. The number of benzene rings is 1. The molecule has 6 heteroatoms. The van der Waals surface area contributed by atoms with Gasteiger partial charge in [0.05, 0.1) is 5.69 Å². The minimum atomic E-state index is 0.0782. The van der Waals surface area contributed by atoms with E-state index in [0.29, 0.717) is 6.54 Å². The molecule has 0 aliphatic heterocycles. The van der Waals surface area contributed by atoms with Gasteiger partial charge in [0.25, 0.3) is 0 Å². The van der Waals surface area contributed by atoms with Crippen molar-refractivity contribution in [2.75, 3.05) is 23.8 Å². The average Bonchev–Trinajstić information content (AvgIpc) is 2.45. The summed E-state index contributed by atoms with van der Waals surface area (Å²) in [5, 5.41) is 3.19. The molecule has 20 heavy (non-hydrogen) atoms. The lowest BCUT2D eigenvalue weighted by atomic mass is 10.3. The lowest BCUT2D eigenvalue weighted by Crippen LogP contribution is -2.25. The Balaban J connectivity index is 2.20. The van der Waals surface area contributed by atoms with Crippen LogP contribution in [0.1, 0.15) is 6.92 Å². The van der Waals surface area contributed by atoms with Gasteiger partial charge < -0.3 is 16.0 Å². The van der Waals surface area contributed by atoms with Crippen LogP contribution in [0.4, 0.5) is 17.3 Å². The van der Waals surface area contributed by atoms with Crippen LogP contribution >= 0.6 is 15.9 Å². The molecule has 0 radical (unpaired) electrons. The average molecular weight is 336 g/mol. The van der Waals surface area contributed by atoms with E-state index in [9.17, 15) is 0 Å². The molecular weight excluding hydrogens is 318 g/mol. The zero-order valence-corrected chi connectivity index (χ0v) is 13.1. The van der Waals surface area contributed by atoms with Crippen LogP contribution in [-0.4, -0.2) is 29.6 Å². The Kier molecular flexibility index (Phi) is 4.92. The largest absolute Gasteiger partial charge is 0.368 e. The molecule has 1 atom stereocenters. The first kappa shape index (κ1) is 14.7. The third-order valence-electron chi connectivity index (χ3n) is 2.82. The highest BCUT2D eigenvalue weighted by Crippen LogP contribution is 2.29. The first-order chi connectivity index (χ1) is 9.58.